The maximum absolute atomic E-state index is 12.2. The van der Waals surface area contributed by atoms with Crippen molar-refractivity contribution in [3.05, 3.63) is 24.9 Å². The van der Waals surface area contributed by atoms with Crippen LogP contribution in [-0.4, -0.2) is 89.3 Å². The SMILES string of the molecule is C=C(C)C(=O)OCCO.C=CN1CCCCCC1=O.CCC(CC(C)(C)C(=O)OCCO)N1CCCCCC1=O. The van der Waals surface area contributed by atoms with Crippen LogP contribution in [0.4, 0.5) is 0 Å². The molecule has 0 spiro atoms. The first-order valence-electron chi connectivity index (χ1n) is 14.4. The van der Waals surface area contributed by atoms with E-state index in [1.807, 2.05) is 18.7 Å². The number of aliphatic hydroxyl groups is 2. The van der Waals surface area contributed by atoms with Gasteiger partial charge in [-0.25, -0.2) is 4.79 Å². The molecule has 0 radical (unpaired) electrons. The van der Waals surface area contributed by atoms with Crippen LogP contribution in [0.3, 0.4) is 0 Å². The summed E-state index contributed by atoms with van der Waals surface area (Å²) in [6.45, 7) is 15.7. The highest BCUT2D eigenvalue weighted by Crippen LogP contribution is 2.29. The maximum Gasteiger partial charge on any atom is 0.333 e. The third kappa shape index (κ3) is 15.2. The monoisotopic (exact) mass is 568 g/mol. The minimum Gasteiger partial charge on any atom is -0.463 e. The highest BCUT2D eigenvalue weighted by Gasteiger charge is 2.35. The molecule has 10 heteroatoms. The standard InChI is InChI=1S/C16H29NO4.C8H13NO.C6H10O3/c1-4-13(17-9-7-5-6-8-14(17)19)12-16(2,3)15(20)21-11-10-18;1-2-9-7-5-3-4-6-8(9)10;1-5(2)6(8)9-4-3-7/h13,18H,4-12H2,1-3H3;2H,1,3-7H2;7H,1,3-4H2,2H3. The second-order valence-electron chi connectivity index (χ2n) is 10.6. The fraction of sp³-hybridized carbons (Fsp3) is 0.733. The van der Waals surface area contributed by atoms with Crippen LogP contribution in [0.15, 0.2) is 24.9 Å². The Bertz CT molecular complexity index is 812. The Morgan fingerprint density at radius 3 is 2.02 bits per heavy atom. The van der Waals surface area contributed by atoms with Crippen molar-refractivity contribution < 1.29 is 38.9 Å². The molecule has 2 saturated heterocycles. The van der Waals surface area contributed by atoms with Gasteiger partial charge in [0, 0.05) is 37.5 Å². The van der Waals surface area contributed by atoms with Gasteiger partial charge in [0.2, 0.25) is 11.8 Å². The maximum atomic E-state index is 12.2. The van der Waals surface area contributed by atoms with Crippen molar-refractivity contribution in [3.63, 3.8) is 0 Å². The average Bonchev–Trinajstić information content (AvgIpc) is 3.28. The summed E-state index contributed by atoms with van der Waals surface area (Å²) < 4.78 is 9.51. The summed E-state index contributed by atoms with van der Waals surface area (Å²) in [7, 11) is 0. The van der Waals surface area contributed by atoms with E-state index in [1.54, 1.807) is 18.0 Å². The lowest BCUT2D eigenvalue weighted by Gasteiger charge is -2.35. The van der Waals surface area contributed by atoms with Gasteiger partial charge in [0.25, 0.3) is 0 Å². The molecule has 2 heterocycles. The summed E-state index contributed by atoms with van der Waals surface area (Å²) in [6, 6.07) is 0.0762. The Labute approximate surface area is 240 Å². The van der Waals surface area contributed by atoms with E-state index >= 15 is 0 Å². The lowest BCUT2D eigenvalue weighted by Crippen LogP contribution is -2.44. The van der Waals surface area contributed by atoms with Crippen molar-refractivity contribution in [1.82, 2.24) is 9.80 Å². The largest absolute Gasteiger partial charge is 0.463 e. The van der Waals surface area contributed by atoms with E-state index in [9.17, 15) is 19.2 Å². The molecule has 2 aliphatic heterocycles. The molecule has 0 aromatic heterocycles. The number of likely N-dealkylation sites (tertiary alicyclic amines) is 2. The van der Waals surface area contributed by atoms with Gasteiger partial charge in [0.05, 0.1) is 18.6 Å². The van der Waals surface area contributed by atoms with E-state index in [0.29, 0.717) is 24.8 Å². The summed E-state index contributed by atoms with van der Waals surface area (Å²) in [5.41, 5.74) is -0.300. The predicted octanol–water partition coefficient (Wildman–Crippen LogP) is 3.75. The first kappa shape index (κ1) is 37.3. The van der Waals surface area contributed by atoms with Crippen molar-refractivity contribution in [2.75, 3.05) is 39.5 Å². The second-order valence-corrected chi connectivity index (χ2v) is 10.6. The van der Waals surface area contributed by atoms with Crippen LogP contribution in [-0.2, 0) is 28.7 Å². The Morgan fingerprint density at radius 1 is 0.950 bits per heavy atom. The normalized spacial score (nSPS) is 16.6. The smallest absolute Gasteiger partial charge is 0.333 e. The molecule has 0 aliphatic carbocycles. The van der Waals surface area contributed by atoms with E-state index in [2.05, 4.69) is 24.8 Å². The summed E-state index contributed by atoms with van der Waals surface area (Å²) in [5, 5.41) is 16.9. The Hall–Kier alpha value is -2.72. The van der Waals surface area contributed by atoms with Gasteiger partial charge in [-0.15, -0.1) is 0 Å². The number of aliphatic hydroxyl groups excluding tert-OH is 2. The number of esters is 2. The minimum atomic E-state index is -0.650. The Morgan fingerprint density at radius 2 is 1.50 bits per heavy atom. The van der Waals surface area contributed by atoms with Gasteiger partial charge in [-0.2, -0.15) is 0 Å². The molecule has 1 atom stereocenters. The molecular formula is C30H52N2O8. The lowest BCUT2D eigenvalue weighted by atomic mass is 9.84. The number of hydrogen-bond donors (Lipinski definition) is 2. The van der Waals surface area contributed by atoms with Crippen LogP contribution in [0, 0.1) is 5.41 Å². The van der Waals surface area contributed by atoms with Crippen LogP contribution >= 0.6 is 0 Å². The fourth-order valence-corrected chi connectivity index (χ4v) is 4.33. The number of rotatable bonds is 11. The quantitative estimate of drug-likeness (QED) is 0.284. The van der Waals surface area contributed by atoms with E-state index in [-0.39, 0.29) is 50.3 Å². The molecule has 1 unspecified atom stereocenters. The third-order valence-electron chi connectivity index (χ3n) is 6.65. The van der Waals surface area contributed by atoms with Gasteiger partial charge < -0.3 is 29.5 Å². The van der Waals surface area contributed by atoms with E-state index in [1.165, 1.54) is 6.42 Å². The number of ether oxygens (including phenoxy) is 2. The van der Waals surface area contributed by atoms with Crippen molar-refractivity contribution in [1.29, 1.82) is 0 Å². The second kappa shape index (κ2) is 21.1. The average molecular weight is 569 g/mol. The summed E-state index contributed by atoms with van der Waals surface area (Å²) in [5.74, 6) is -0.326. The molecule has 10 nitrogen and oxygen atoms in total. The number of carbonyl (C=O) groups excluding carboxylic acids is 4. The molecule has 2 aliphatic rings. The first-order valence-corrected chi connectivity index (χ1v) is 14.4. The molecule has 0 aromatic carbocycles. The van der Waals surface area contributed by atoms with Gasteiger partial charge in [-0.1, -0.05) is 32.9 Å². The van der Waals surface area contributed by atoms with Crippen LogP contribution in [0.5, 0.6) is 0 Å². The molecule has 2 N–H and O–H groups in total. The van der Waals surface area contributed by atoms with Crippen LogP contribution in [0.25, 0.3) is 0 Å². The van der Waals surface area contributed by atoms with Crippen molar-refractivity contribution >= 4 is 23.8 Å². The molecular weight excluding hydrogens is 516 g/mol. The van der Waals surface area contributed by atoms with Crippen LogP contribution in [0.2, 0.25) is 0 Å². The first-order chi connectivity index (χ1) is 18.9. The van der Waals surface area contributed by atoms with Gasteiger partial charge >= 0.3 is 11.9 Å². The molecule has 40 heavy (non-hydrogen) atoms. The van der Waals surface area contributed by atoms with Crippen molar-refractivity contribution in [3.8, 4) is 0 Å². The molecule has 0 bridgehead atoms. The fourth-order valence-electron chi connectivity index (χ4n) is 4.33. The van der Waals surface area contributed by atoms with Crippen molar-refractivity contribution in [2.45, 2.75) is 97.9 Å². The summed E-state index contributed by atoms with van der Waals surface area (Å²) >= 11 is 0. The topological polar surface area (TPSA) is 134 Å². The zero-order valence-corrected chi connectivity index (χ0v) is 25.1. The van der Waals surface area contributed by atoms with Gasteiger partial charge in [0.1, 0.15) is 13.2 Å². The van der Waals surface area contributed by atoms with Gasteiger partial charge in [0.15, 0.2) is 0 Å². The molecule has 0 aromatic rings. The molecule has 2 amide bonds. The zero-order valence-electron chi connectivity index (χ0n) is 25.1. The van der Waals surface area contributed by atoms with E-state index < -0.39 is 11.4 Å². The highest BCUT2D eigenvalue weighted by molar-refractivity contribution is 5.86. The van der Waals surface area contributed by atoms with Gasteiger partial charge in [-0.3, -0.25) is 14.4 Å². The van der Waals surface area contributed by atoms with E-state index in [0.717, 1.165) is 51.6 Å². The molecule has 230 valence electrons. The summed E-state index contributed by atoms with van der Waals surface area (Å²) in [6.07, 6.45) is 10.8. The number of amides is 2. The van der Waals surface area contributed by atoms with Gasteiger partial charge in [-0.05, 0) is 65.5 Å². The Kier molecular flexibility index (Phi) is 19.6. The highest BCUT2D eigenvalue weighted by atomic mass is 16.5. The number of carbonyl (C=O) groups is 4. The lowest BCUT2D eigenvalue weighted by molar-refractivity contribution is -0.157. The number of nitrogens with zero attached hydrogens (tertiary/aromatic N) is 2. The zero-order chi connectivity index (χ0) is 30.6. The third-order valence-corrected chi connectivity index (χ3v) is 6.65. The van der Waals surface area contributed by atoms with Crippen LogP contribution in [0.1, 0.15) is 91.9 Å². The number of hydrogen-bond acceptors (Lipinski definition) is 8. The predicted molar refractivity (Wildman–Crippen MR) is 154 cm³/mol. The Balaban J connectivity index is 0.000000662. The van der Waals surface area contributed by atoms with Crippen LogP contribution < -0.4 is 0 Å². The molecule has 2 fully saturated rings. The van der Waals surface area contributed by atoms with E-state index in [4.69, 9.17) is 14.9 Å². The van der Waals surface area contributed by atoms with Crippen molar-refractivity contribution in [2.24, 2.45) is 5.41 Å². The molecule has 2 rings (SSSR count). The minimum absolute atomic E-state index is 0.0295. The molecule has 0 saturated carbocycles. The summed E-state index contributed by atoms with van der Waals surface area (Å²) in [4.78, 5) is 49.5.